The topological polar surface area (TPSA) is 75.5 Å². The van der Waals surface area contributed by atoms with Crippen LogP contribution in [0.3, 0.4) is 0 Å². The molecule has 0 spiro atoms. The van der Waals surface area contributed by atoms with Gasteiger partial charge >= 0.3 is 0 Å². The van der Waals surface area contributed by atoms with Crippen LogP contribution in [0.4, 0.5) is 14.6 Å². The van der Waals surface area contributed by atoms with Gasteiger partial charge in [0.1, 0.15) is 11.6 Å². The first-order valence-corrected chi connectivity index (χ1v) is 10.5. The third-order valence-corrected chi connectivity index (χ3v) is 4.42. The largest absolute Gasteiger partial charge is 0.497 e. The zero-order valence-electron chi connectivity index (χ0n) is 19.2. The molecule has 0 amide bonds. The molecule has 174 valence electrons. The van der Waals surface area contributed by atoms with Crippen molar-refractivity contribution in [3.8, 4) is 0 Å². The van der Waals surface area contributed by atoms with E-state index in [1.807, 2.05) is 39.0 Å². The molecule has 31 heavy (non-hydrogen) atoms. The number of allylic oxidation sites excluding steroid dienone is 4. The number of alkyl halides is 2. The number of halogens is 2. The lowest BCUT2D eigenvalue weighted by atomic mass is 10.0. The fourth-order valence-electron chi connectivity index (χ4n) is 2.87. The summed E-state index contributed by atoms with van der Waals surface area (Å²) in [7, 11) is 1.57. The number of nitrogens with zero attached hydrogens (tertiary/aromatic N) is 3. The fraction of sp³-hybridized carbons (Fsp3) is 0.522. The summed E-state index contributed by atoms with van der Waals surface area (Å²) in [6.07, 6.45) is 4.85. The molecule has 1 aromatic heterocycles. The lowest BCUT2D eigenvalue weighted by Crippen LogP contribution is -2.20. The molecule has 0 saturated carbocycles. The van der Waals surface area contributed by atoms with E-state index in [0.29, 0.717) is 17.3 Å². The molecule has 2 heterocycles. The first kappa shape index (κ1) is 28.2. The Morgan fingerprint density at radius 2 is 1.87 bits per heavy atom. The summed E-state index contributed by atoms with van der Waals surface area (Å²) in [5.41, 5.74) is 2.34. The number of rotatable bonds is 8. The molecule has 6 nitrogen and oxygen atoms in total. The highest BCUT2D eigenvalue weighted by Crippen LogP contribution is 2.27. The smallest absolute Gasteiger partial charge is 0.297 e. The number of carbonyl (C=O) groups is 1. The number of methoxy groups -OCH3 is 1. The maximum Gasteiger partial charge on any atom is 0.297 e. The van der Waals surface area contributed by atoms with Gasteiger partial charge in [0.2, 0.25) is 0 Å². The molecule has 0 atom stereocenters. The molecule has 2 rings (SSSR count). The minimum Gasteiger partial charge on any atom is -0.497 e. The predicted molar refractivity (Wildman–Crippen MR) is 121 cm³/mol. The quantitative estimate of drug-likeness (QED) is 0.303. The van der Waals surface area contributed by atoms with Crippen molar-refractivity contribution in [1.82, 2.24) is 9.97 Å². The molecule has 0 aliphatic carbocycles. The van der Waals surface area contributed by atoms with Gasteiger partial charge in [-0.15, -0.1) is 0 Å². The Morgan fingerprint density at radius 3 is 2.35 bits per heavy atom. The average Bonchev–Trinajstić information content (AvgIpc) is 3.32. The first-order chi connectivity index (χ1) is 14.9. The van der Waals surface area contributed by atoms with Crippen LogP contribution in [0.5, 0.6) is 0 Å². The van der Waals surface area contributed by atoms with Crippen LogP contribution in [0.1, 0.15) is 71.3 Å². The Balaban J connectivity index is 0.00000165. The summed E-state index contributed by atoms with van der Waals surface area (Å²) in [6, 6.07) is 1.83. The van der Waals surface area contributed by atoms with Crippen LogP contribution in [0, 0.1) is 0 Å². The second-order valence-electron chi connectivity index (χ2n) is 6.49. The molecule has 1 fully saturated rings. The van der Waals surface area contributed by atoms with Crippen molar-refractivity contribution in [2.45, 2.75) is 59.8 Å². The number of ether oxygens (including phenoxy) is 1. The summed E-state index contributed by atoms with van der Waals surface area (Å²) in [5, 5.41) is 6.89. The van der Waals surface area contributed by atoms with E-state index in [4.69, 9.17) is 14.6 Å². The third-order valence-electron chi connectivity index (χ3n) is 4.42. The molecule has 1 aliphatic rings. The highest BCUT2D eigenvalue weighted by atomic mass is 19.3. The summed E-state index contributed by atoms with van der Waals surface area (Å²) in [5.74, 6) is 0.756. The van der Waals surface area contributed by atoms with Crippen molar-refractivity contribution in [3.63, 3.8) is 0 Å². The van der Waals surface area contributed by atoms with E-state index in [9.17, 15) is 8.78 Å². The monoisotopic (exact) mass is 439 g/mol. The van der Waals surface area contributed by atoms with Gasteiger partial charge in [0, 0.05) is 19.2 Å². The van der Waals surface area contributed by atoms with Crippen LogP contribution in [-0.4, -0.2) is 41.7 Å². The van der Waals surface area contributed by atoms with Gasteiger partial charge in [-0.25, -0.2) is 18.7 Å². The average molecular weight is 440 g/mol. The van der Waals surface area contributed by atoms with Gasteiger partial charge in [-0.3, -0.25) is 4.79 Å². The van der Waals surface area contributed by atoms with Gasteiger partial charge in [0.25, 0.3) is 12.9 Å². The highest BCUT2D eigenvalue weighted by Gasteiger charge is 2.20. The molecular formula is C23H35F2N3O3. The second kappa shape index (κ2) is 16.0. The van der Waals surface area contributed by atoms with Gasteiger partial charge in [0.05, 0.1) is 12.8 Å². The van der Waals surface area contributed by atoms with Gasteiger partial charge in [-0.2, -0.15) is 0 Å². The van der Waals surface area contributed by atoms with Crippen molar-refractivity contribution in [3.05, 3.63) is 47.6 Å². The van der Waals surface area contributed by atoms with E-state index in [-0.39, 0.29) is 6.47 Å². The summed E-state index contributed by atoms with van der Waals surface area (Å²) in [6.45, 7) is 13.2. The zero-order chi connectivity index (χ0) is 23.8. The number of aromatic nitrogens is 2. The van der Waals surface area contributed by atoms with Crippen LogP contribution in [-0.2, 0) is 9.53 Å². The standard InChI is InChI=1S/C20H27F2N3O.C2H6.CH2O2/c1-5-8-16(10-9-14(2)15(3)26-4)17-13-18(25-11-6-7-12-25)24-20(23-17)19(21)22;1-2;2-1-3/h9-10,13,19H,3,5-8,11-12H2,1-2,4H3;1-2H3;1H,(H,2,3)/b14-9-,16-10+;;. The van der Waals surface area contributed by atoms with E-state index in [1.54, 1.807) is 7.11 Å². The van der Waals surface area contributed by atoms with Crippen LogP contribution in [0.2, 0.25) is 0 Å². The summed E-state index contributed by atoms with van der Waals surface area (Å²) >= 11 is 0. The van der Waals surface area contributed by atoms with Gasteiger partial charge < -0.3 is 14.7 Å². The maximum absolute atomic E-state index is 13.3. The van der Waals surface area contributed by atoms with Gasteiger partial charge in [0.15, 0.2) is 5.82 Å². The maximum atomic E-state index is 13.3. The SMILES string of the molecule is C=C(OC)/C(C)=C\C=C(/CCC)c1cc(N2CCCC2)nc(C(F)F)n1.CC.O=CO. The van der Waals surface area contributed by atoms with Crippen LogP contribution in [0.25, 0.3) is 5.57 Å². The Hall–Kier alpha value is -2.77. The number of hydrogen-bond donors (Lipinski definition) is 1. The lowest BCUT2D eigenvalue weighted by Gasteiger charge is -2.18. The number of carboxylic acid groups (broad SMARTS) is 1. The van der Waals surface area contributed by atoms with E-state index < -0.39 is 12.2 Å². The van der Waals surface area contributed by atoms with E-state index in [0.717, 1.165) is 49.9 Å². The fourth-order valence-corrected chi connectivity index (χ4v) is 2.87. The van der Waals surface area contributed by atoms with Crippen molar-refractivity contribution in [1.29, 1.82) is 0 Å². The van der Waals surface area contributed by atoms with Gasteiger partial charge in [-0.1, -0.05) is 45.9 Å². The normalized spacial score (nSPS) is 13.7. The Morgan fingerprint density at radius 1 is 1.29 bits per heavy atom. The van der Waals surface area contributed by atoms with Crippen LogP contribution >= 0.6 is 0 Å². The zero-order valence-corrected chi connectivity index (χ0v) is 19.2. The highest BCUT2D eigenvalue weighted by molar-refractivity contribution is 5.67. The molecule has 1 aromatic rings. The minimum atomic E-state index is -2.69. The van der Waals surface area contributed by atoms with Crippen molar-refractivity contribution < 1.29 is 23.4 Å². The number of hydrogen-bond acceptors (Lipinski definition) is 5. The van der Waals surface area contributed by atoms with Crippen LogP contribution in [0.15, 0.2) is 36.1 Å². The Bertz CT molecular complexity index is 744. The predicted octanol–water partition coefficient (Wildman–Crippen LogP) is 6.03. The molecule has 1 aliphatic heterocycles. The summed E-state index contributed by atoms with van der Waals surface area (Å²) in [4.78, 5) is 18.6. The molecule has 1 saturated heterocycles. The molecular weight excluding hydrogens is 404 g/mol. The third kappa shape index (κ3) is 9.72. The van der Waals surface area contributed by atoms with E-state index in [1.165, 1.54) is 0 Å². The molecule has 0 radical (unpaired) electrons. The summed E-state index contributed by atoms with van der Waals surface area (Å²) < 4.78 is 31.8. The van der Waals surface area contributed by atoms with Crippen molar-refractivity contribution in [2.75, 3.05) is 25.1 Å². The first-order valence-electron chi connectivity index (χ1n) is 10.5. The van der Waals surface area contributed by atoms with Crippen molar-refractivity contribution in [2.24, 2.45) is 0 Å². The Labute approximate surface area is 184 Å². The number of anilines is 1. The molecule has 8 heteroatoms. The Kier molecular flexibility index (Phi) is 14.6. The van der Waals surface area contributed by atoms with Gasteiger partial charge in [-0.05, 0) is 37.3 Å². The lowest BCUT2D eigenvalue weighted by molar-refractivity contribution is -0.122. The van der Waals surface area contributed by atoms with Crippen molar-refractivity contribution >= 4 is 17.9 Å². The molecule has 0 unspecified atom stereocenters. The molecule has 0 aromatic carbocycles. The van der Waals surface area contributed by atoms with E-state index in [2.05, 4.69) is 28.4 Å². The molecule has 1 N–H and O–H groups in total. The molecule has 0 bridgehead atoms. The minimum absolute atomic E-state index is 0.250. The van der Waals surface area contributed by atoms with E-state index >= 15 is 0 Å². The second-order valence-corrected chi connectivity index (χ2v) is 6.49. The van der Waals surface area contributed by atoms with Crippen LogP contribution < -0.4 is 4.90 Å².